The highest BCUT2D eigenvalue weighted by atomic mass is 32.1. The number of carbonyl (C=O) groups is 2. The molecule has 0 unspecified atom stereocenters. The lowest BCUT2D eigenvalue weighted by molar-refractivity contribution is -0.134. The van der Waals surface area contributed by atoms with E-state index in [1.807, 2.05) is 13.0 Å². The summed E-state index contributed by atoms with van der Waals surface area (Å²) in [6, 6.07) is 1.81. The minimum absolute atomic E-state index is 0.0399. The average molecular weight is 388 g/mol. The predicted molar refractivity (Wildman–Crippen MR) is 101 cm³/mol. The minimum Gasteiger partial charge on any atom is -0.349 e. The first kappa shape index (κ1) is 18.1. The van der Waals surface area contributed by atoms with Gasteiger partial charge in [0.05, 0.1) is 17.2 Å². The van der Waals surface area contributed by atoms with Crippen molar-refractivity contribution < 1.29 is 9.59 Å². The van der Waals surface area contributed by atoms with E-state index in [0.29, 0.717) is 25.2 Å². The molecule has 2 aromatic rings. The molecule has 2 amide bonds. The zero-order valence-electron chi connectivity index (χ0n) is 15.3. The maximum absolute atomic E-state index is 13.1. The first-order chi connectivity index (χ1) is 13.1. The summed E-state index contributed by atoms with van der Waals surface area (Å²) in [6.07, 6.45) is 5.25. The van der Waals surface area contributed by atoms with Crippen molar-refractivity contribution >= 4 is 23.2 Å². The number of aromatic amines is 1. The van der Waals surface area contributed by atoms with E-state index in [1.165, 1.54) is 11.3 Å². The van der Waals surface area contributed by atoms with Crippen LogP contribution in [0.4, 0.5) is 0 Å². The van der Waals surface area contributed by atoms with Gasteiger partial charge >= 0.3 is 0 Å². The number of nitrogens with zero attached hydrogens (tertiary/aromatic N) is 3. The van der Waals surface area contributed by atoms with Gasteiger partial charge in [-0.15, -0.1) is 11.3 Å². The third-order valence-corrected chi connectivity index (χ3v) is 6.28. The van der Waals surface area contributed by atoms with Crippen LogP contribution in [-0.4, -0.2) is 56.6 Å². The fraction of sp³-hybridized carbons (Fsp3) is 0.556. The van der Waals surface area contributed by atoms with Gasteiger partial charge in [0.25, 0.3) is 5.91 Å². The van der Waals surface area contributed by atoms with Crippen molar-refractivity contribution in [3.05, 3.63) is 34.0 Å². The van der Waals surface area contributed by atoms with Crippen LogP contribution in [-0.2, 0) is 11.3 Å². The third kappa shape index (κ3) is 3.61. The van der Waals surface area contributed by atoms with Crippen molar-refractivity contribution in [3.63, 3.8) is 0 Å². The molecule has 9 heteroatoms. The molecule has 2 atom stereocenters. The van der Waals surface area contributed by atoms with E-state index < -0.39 is 5.54 Å². The van der Waals surface area contributed by atoms with E-state index >= 15 is 0 Å². The number of fused-ring (bicyclic) bond motifs is 1. The molecular weight excluding hydrogens is 364 g/mol. The maximum Gasteiger partial charge on any atom is 0.271 e. The molecule has 0 aromatic carbocycles. The van der Waals surface area contributed by atoms with Gasteiger partial charge in [0.15, 0.2) is 0 Å². The number of H-pyrrole nitrogens is 1. The fourth-order valence-electron chi connectivity index (χ4n) is 4.22. The first-order valence-electron chi connectivity index (χ1n) is 9.31. The van der Waals surface area contributed by atoms with Gasteiger partial charge < -0.3 is 10.6 Å². The molecular formula is C18H24N6O2S. The molecule has 144 valence electrons. The van der Waals surface area contributed by atoms with E-state index in [1.54, 1.807) is 11.6 Å². The van der Waals surface area contributed by atoms with Crippen LogP contribution in [0.5, 0.6) is 0 Å². The van der Waals surface area contributed by atoms with Gasteiger partial charge in [-0.25, -0.2) is 4.98 Å². The van der Waals surface area contributed by atoms with Gasteiger partial charge in [-0.1, -0.05) is 0 Å². The number of hydrogen-bond donors (Lipinski definition) is 3. The Morgan fingerprint density at radius 3 is 3.07 bits per heavy atom. The number of thiazole rings is 1. The number of aryl methyl sites for hydroxylation is 1. The van der Waals surface area contributed by atoms with Crippen molar-refractivity contribution in [2.45, 2.75) is 50.7 Å². The highest BCUT2D eigenvalue weighted by molar-refractivity contribution is 7.09. The molecule has 2 fully saturated rings. The Hall–Kier alpha value is -2.26. The average Bonchev–Trinajstić information content (AvgIpc) is 3.39. The summed E-state index contributed by atoms with van der Waals surface area (Å²) in [5.74, 6) is -0.115. The monoisotopic (exact) mass is 388 g/mol. The molecule has 2 aliphatic rings. The van der Waals surface area contributed by atoms with E-state index in [9.17, 15) is 9.59 Å². The van der Waals surface area contributed by atoms with E-state index in [4.69, 9.17) is 0 Å². The van der Waals surface area contributed by atoms with Crippen molar-refractivity contribution in [1.82, 2.24) is 30.7 Å². The number of nitrogens with one attached hydrogen (secondary N) is 3. The standard InChI is InChI=1S/C18H24N6O2S/c1-12-21-15(11-27-12)16(25)22-14-8-18(5-2-3-7-24(18)10-14)17(26)19-9-13-4-6-20-23-13/h4,6,11,14H,2-3,5,7-10H2,1H3,(H,19,26)(H,20,23)(H,22,25)/t14-,18+/m0/s1. The SMILES string of the molecule is Cc1nc(C(=O)N[C@@H]2CN3CCCC[C@]3(C(=O)NCc3ccn[nH]3)C2)cs1. The van der Waals surface area contributed by atoms with Crippen LogP contribution in [0, 0.1) is 6.92 Å². The second-order valence-corrected chi connectivity index (χ2v) is 8.39. The van der Waals surface area contributed by atoms with Crippen LogP contribution in [0.1, 0.15) is 46.9 Å². The summed E-state index contributed by atoms with van der Waals surface area (Å²) < 4.78 is 0. The molecule has 2 aromatic heterocycles. The van der Waals surface area contributed by atoms with Gasteiger partial charge in [0.1, 0.15) is 11.2 Å². The van der Waals surface area contributed by atoms with Crippen molar-refractivity contribution in [2.75, 3.05) is 13.1 Å². The molecule has 27 heavy (non-hydrogen) atoms. The lowest BCUT2D eigenvalue weighted by Crippen LogP contribution is -2.57. The Bertz CT molecular complexity index is 820. The molecule has 0 bridgehead atoms. The Labute approximate surface area is 161 Å². The normalized spacial score (nSPS) is 25.1. The van der Waals surface area contributed by atoms with Gasteiger partial charge in [0.2, 0.25) is 5.91 Å². The molecule has 4 heterocycles. The molecule has 0 spiro atoms. The van der Waals surface area contributed by atoms with Crippen LogP contribution in [0.25, 0.3) is 0 Å². The predicted octanol–water partition coefficient (Wildman–Crippen LogP) is 1.22. The number of hydrogen-bond acceptors (Lipinski definition) is 6. The Morgan fingerprint density at radius 2 is 2.33 bits per heavy atom. The highest BCUT2D eigenvalue weighted by Crippen LogP contribution is 2.38. The summed E-state index contributed by atoms with van der Waals surface area (Å²) >= 11 is 1.47. The zero-order valence-corrected chi connectivity index (χ0v) is 16.1. The van der Waals surface area contributed by atoms with E-state index in [2.05, 4.69) is 30.7 Å². The van der Waals surface area contributed by atoms with E-state index in [-0.39, 0.29) is 17.9 Å². The number of amides is 2. The lowest BCUT2D eigenvalue weighted by Gasteiger charge is -2.40. The van der Waals surface area contributed by atoms with Crippen molar-refractivity contribution in [3.8, 4) is 0 Å². The summed E-state index contributed by atoms with van der Waals surface area (Å²) in [6.45, 7) is 3.91. The number of carbonyl (C=O) groups excluding carboxylic acids is 2. The first-order valence-corrected chi connectivity index (χ1v) is 10.2. The number of piperidine rings is 1. The molecule has 3 N–H and O–H groups in total. The van der Waals surface area contributed by atoms with E-state index in [0.717, 1.165) is 36.5 Å². The second kappa shape index (κ2) is 7.40. The molecule has 4 rings (SSSR count). The van der Waals surface area contributed by atoms with Crippen LogP contribution >= 0.6 is 11.3 Å². The Balaban J connectivity index is 1.44. The fourth-order valence-corrected chi connectivity index (χ4v) is 4.82. The molecule has 2 aliphatic heterocycles. The highest BCUT2D eigenvalue weighted by Gasteiger charge is 2.52. The van der Waals surface area contributed by atoms with Gasteiger partial charge in [-0.05, 0) is 45.2 Å². The number of aromatic nitrogens is 3. The van der Waals surface area contributed by atoms with Crippen LogP contribution < -0.4 is 10.6 Å². The van der Waals surface area contributed by atoms with Crippen molar-refractivity contribution in [2.24, 2.45) is 0 Å². The second-order valence-electron chi connectivity index (χ2n) is 7.33. The van der Waals surface area contributed by atoms with Gasteiger partial charge in [-0.3, -0.25) is 19.6 Å². The number of rotatable bonds is 5. The largest absolute Gasteiger partial charge is 0.349 e. The molecule has 2 saturated heterocycles. The molecule has 0 saturated carbocycles. The lowest BCUT2D eigenvalue weighted by atomic mass is 9.84. The minimum atomic E-state index is -0.534. The van der Waals surface area contributed by atoms with Gasteiger partial charge in [0, 0.05) is 24.2 Å². The zero-order chi connectivity index (χ0) is 18.9. The summed E-state index contributed by atoms with van der Waals surface area (Å²) in [7, 11) is 0. The summed E-state index contributed by atoms with van der Waals surface area (Å²) in [4.78, 5) is 32.1. The topological polar surface area (TPSA) is 103 Å². The Kier molecular flexibility index (Phi) is 4.96. The van der Waals surface area contributed by atoms with Gasteiger partial charge in [-0.2, -0.15) is 5.10 Å². The third-order valence-electron chi connectivity index (χ3n) is 5.51. The molecule has 8 nitrogen and oxygen atoms in total. The molecule has 0 radical (unpaired) electrons. The molecule has 0 aliphatic carbocycles. The smallest absolute Gasteiger partial charge is 0.271 e. The van der Waals surface area contributed by atoms with Crippen molar-refractivity contribution in [1.29, 1.82) is 0 Å². The quantitative estimate of drug-likeness (QED) is 0.715. The maximum atomic E-state index is 13.1. The van der Waals surface area contributed by atoms with Crippen LogP contribution in [0.2, 0.25) is 0 Å². The summed E-state index contributed by atoms with van der Waals surface area (Å²) in [5, 5.41) is 15.6. The summed E-state index contributed by atoms with van der Waals surface area (Å²) in [5.41, 5.74) is 0.803. The van der Waals surface area contributed by atoms with Crippen LogP contribution in [0.15, 0.2) is 17.6 Å². The Morgan fingerprint density at radius 1 is 1.44 bits per heavy atom. The van der Waals surface area contributed by atoms with Crippen LogP contribution in [0.3, 0.4) is 0 Å².